The number of allylic oxidation sites excluding steroid dienone is 4. The van der Waals surface area contributed by atoms with Gasteiger partial charge in [-0.1, -0.05) is 35.4 Å². The number of imide groups is 2. The standard InChI is InChI=1S/C34H30Cl2N4O6/c35-21-5-11-25-27(17-21)33(45)39(31(25)43)23-7-1-19(2-8-23)29(41)37-13-15-38(16-14-37)30(42)20-3-9-24(10-4-20)40-32(44)26-12-6-22(36)18-28(26)34(40)46/h1-10,25-28H,11-18H2. The van der Waals surface area contributed by atoms with Gasteiger partial charge in [-0.25, -0.2) is 0 Å². The number of hydrogen-bond acceptors (Lipinski definition) is 6. The van der Waals surface area contributed by atoms with Gasteiger partial charge in [-0.2, -0.15) is 0 Å². The van der Waals surface area contributed by atoms with E-state index in [1.54, 1.807) is 70.5 Å². The molecule has 0 radical (unpaired) electrons. The minimum atomic E-state index is -0.455. The molecule has 5 aliphatic rings. The van der Waals surface area contributed by atoms with Crippen molar-refractivity contribution in [3.05, 3.63) is 81.9 Å². The summed E-state index contributed by atoms with van der Waals surface area (Å²) in [6.45, 7) is 1.34. The molecule has 0 spiro atoms. The predicted octanol–water partition coefficient (Wildman–Crippen LogP) is 4.33. The van der Waals surface area contributed by atoms with Crippen LogP contribution >= 0.6 is 23.2 Å². The van der Waals surface area contributed by atoms with E-state index in [1.165, 1.54) is 9.80 Å². The Bertz CT molecular complexity index is 1600. The monoisotopic (exact) mass is 660 g/mol. The van der Waals surface area contributed by atoms with Gasteiger partial charge in [-0.15, -0.1) is 0 Å². The summed E-state index contributed by atoms with van der Waals surface area (Å²) in [4.78, 5) is 84.2. The SMILES string of the molecule is O=C(c1ccc(N2C(=O)C3CC=C(Cl)CC3C2=O)cc1)N1CCN(C(=O)c2ccc(N3C(=O)C4CC=C(Cl)CC4C3=O)cc2)CC1. The van der Waals surface area contributed by atoms with Gasteiger partial charge in [0, 0.05) is 47.4 Å². The van der Waals surface area contributed by atoms with Crippen LogP contribution in [0.4, 0.5) is 11.4 Å². The number of amides is 6. The zero-order chi connectivity index (χ0) is 32.3. The van der Waals surface area contributed by atoms with Crippen molar-refractivity contribution in [3.8, 4) is 0 Å². The second kappa shape index (κ2) is 11.8. The Morgan fingerprint density at radius 3 is 1.20 bits per heavy atom. The molecule has 2 aromatic rings. The topological polar surface area (TPSA) is 115 Å². The highest BCUT2D eigenvalue weighted by atomic mass is 35.5. The normalized spacial score (nSPS) is 26.2. The van der Waals surface area contributed by atoms with Crippen LogP contribution < -0.4 is 9.80 Å². The van der Waals surface area contributed by atoms with E-state index in [0.29, 0.717) is 84.4 Å². The van der Waals surface area contributed by atoms with E-state index in [1.807, 2.05) is 0 Å². The first-order valence-electron chi connectivity index (χ1n) is 15.4. The number of carbonyl (C=O) groups is 6. The Kier molecular flexibility index (Phi) is 7.81. The van der Waals surface area contributed by atoms with Crippen molar-refractivity contribution in [3.63, 3.8) is 0 Å². The Morgan fingerprint density at radius 2 is 0.848 bits per heavy atom. The molecule has 0 saturated carbocycles. The molecule has 3 heterocycles. The largest absolute Gasteiger partial charge is 0.335 e. The number of fused-ring (bicyclic) bond motifs is 2. The fourth-order valence-corrected chi connectivity index (χ4v) is 7.66. The maximum Gasteiger partial charge on any atom is 0.253 e. The van der Waals surface area contributed by atoms with Crippen LogP contribution in [0.2, 0.25) is 0 Å². The minimum Gasteiger partial charge on any atom is -0.335 e. The molecule has 236 valence electrons. The van der Waals surface area contributed by atoms with Crippen molar-refractivity contribution in [2.75, 3.05) is 36.0 Å². The van der Waals surface area contributed by atoms with Gasteiger partial charge in [0.25, 0.3) is 11.8 Å². The van der Waals surface area contributed by atoms with Gasteiger partial charge >= 0.3 is 0 Å². The number of anilines is 2. The molecule has 3 fully saturated rings. The number of halogens is 2. The summed E-state index contributed by atoms with van der Waals surface area (Å²) in [5, 5.41) is 1.19. The Morgan fingerprint density at radius 1 is 0.522 bits per heavy atom. The summed E-state index contributed by atoms with van der Waals surface area (Å²) in [6, 6.07) is 12.9. The Hall–Kier alpha value is -4.28. The van der Waals surface area contributed by atoms with E-state index in [2.05, 4.69) is 0 Å². The zero-order valence-electron chi connectivity index (χ0n) is 24.7. The maximum absolute atomic E-state index is 13.3. The molecule has 12 heteroatoms. The van der Waals surface area contributed by atoms with Crippen LogP contribution in [0.1, 0.15) is 46.4 Å². The number of benzene rings is 2. The molecule has 46 heavy (non-hydrogen) atoms. The van der Waals surface area contributed by atoms with Crippen molar-refractivity contribution < 1.29 is 28.8 Å². The number of carbonyl (C=O) groups excluding carboxylic acids is 6. The second-order valence-corrected chi connectivity index (χ2v) is 13.3. The molecule has 3 saturated heterocycles. The van der Waals surface area contributed by atoms with Gasteiger partial charge in [0.05, 0.1) is 35.0 Å². The van der Waals surface area contributed by atoms with Gasteiger partial charge in [0.2, 0.25) is 23.6 Å². The highest BCUT2D eigenvalue weighted by molar-refractivity contribution is 6.31. The quantitative estimate of drug-likeness (QED) is 0.451. The van der Waals surface area contributed by atoms with Crippen LogP contribution in [-0.4, -0.2) is 71.4 Å². The van der Waals surface area contributed by atoms with E-state index in [0.717, 1.165) is 0 Å². The smallest absolute Gasteiger partial charge is 0.253 e. The average Bonchev–Trinajstić information content (AvgIpc) is 3.47. The molecule has 0 N–H and O–H groups in total. The first-order valence-corrected chi connectivity index (χ1v) is 16.1. The third-order valence-electron chi connectivity index (χ3n) is 9.74. The van der Waals surface area contributed by atoms with Crippen LogP contribution in [0.5, 0.6) is 0 Å². The van der Waals surface area contributed by atoms with E-state index >= 15 is 0 Å². The van der Waals surface area contributed by atoms with Crippen molar-refractivity contribution >= 4 is 70.0 Å². The minimum absolute atomic E-state index is 0.205. The molecule has 10 nitrogen and oxygen atoms in total. The molecule has 0 bridgehead atoms. The van der Waals surface area contributed by atoms with Crippen LogP contribution in [0, 0.1) is 23.7 Å². The van der Waals surface area contributed by atoms with E-state index < -0.39 is 23.7 Å². The summed E-state index contributed by atoms with van der Waals surface area (Å²) >= 11 is 12.2. The van der Waals surface area contributed by atoms with Crippen LogP contribution in [0.15, 0.2) is 70.7 Å². The third-order valence-corrected chi connectivity index (χ3v) is 10.4. The molecular weight excluding hydrogens is 631 g/mol. The first kappa shape index (κ1) is 30.4. The second-order valence-electron chi connectivity index (χ2n) is 12.3. The zero-order valence-corrected chi connectivity index (χ0v) is 26.2. The molecule has 6 amide bonds. The van der Waals surface area contributed by atoms with Gasteiger partial charge < -0.3 is 9.80 Å². The third kappa shape index (κ3) is 5.13. The lowest BCUT2D eigenvalue weighted by Crippen LogP contribution is -2.50. The number of rotatable bonds is 4. The molecule has 0 aromatic heterocycles. The van der Waals surface area contributed by atoms with Crippen molar-refractivity contribution in [1.82, 2.24) is 9.80 Å². The lowest BCUT2D eigenvalue weighted by molar-refractivity contribution is -0.124. The van der Waals surface area contributed by atoms with Crippen molar-refractivity contribution in [1.29, 1.82) is 0 Å². The van der Waals surface area contributed by atoms with Gasteiger partial charge in [0.15, 0.2) is 0 Å². The van der Waals surface area contributed by atoms with E-state index in [-0.39, 0.29) is 35.4 Å². The van der Waals surface area contributed by atoms with Crippen molar-refractivity contribution in [2.45, 2.75) is 25.7 Å². The van der Waals surface area contributed by atoms with E-state index in [9.17, 15) is 28.8 Å². The van der Waals surface area contributed by atoms with Gasteiger partial charge in [-0.05, 0) is 74.2 Å². The van der Waals surface area contributed by atoms with Crippen LogP contribution in [-0.2, 0) is 19.2 Å². The molecule has 2 aliphatic carbocycles. The number of hydrogen-bond donors (Lipinski definition) is 0. The fourth-order valence-electron chi connectivity index (χ4n) is 7.15. The summed E-state index contributed by atoms with van der Waals surface area (Å²) < 4.78 is 0. The predicted molar refractivity (Wildman–Crippen MR) is 170 cm³/mol. The molecular formula is C34H30Cl2N4O6. The molecule has 3 aliphatic heterocycles. The lowest BCUT2D eigenvalue weighted by Gasteiger charge is -2.35. The summed E-state index contributed by atoms with van der Waals surface area (Å²) in [5.74, 6) is -3.17. The summed E-state index contributed by atoms with van der Waals surface area (Å²) in [5.41, 5.74) is 1.70. The van der Waals surface area contributed by atoms with Gasteiger partial charge in [-0.3, -0.25) is 38.6 Å². The molecule has 4 unspecified atom stereocenters. The Balaban J connectivity index is 0.949. The lowest BCUT2D eigenvalue weighted by atomic mass is 9.85. The number of nitrogens with zero attached hydrogens (tertiary/aromatic N) is 4. The maximum atomic E-state index is 13.3. The summed E-state index contributed by atoms with van der Waals surface area (Å²) in [7, 11) is 0. The van der Waals surface area contributed by atoms with Gasteiger partial charge in [0.1, 0.15) is 0 Å². The van der Waals surface area contributed by atoms with Crippen LogP contribution in [0.3, 0.4) is 0 Å². The molecule has 2 aromatic carbocycles. The van der Waals surface area contributed by atoms with E-state index in [4.69, 9.17) is 23.2 Å². The van der Waals surface area contributed by atoms with Crippen molar-refractivity contribution in [2.24, 2.45) is 23.7 Å². The van der Waals surface area contributed by atoms with Crippen LogP contribution in [0.25, 0.3) is 0 Å². The highest BCUT2D eigenvalue weighted by Gasteiger charge is 2.50. The highest BCUT2D eigenvalue weighted by Crippen LogP contribution is 2.42. The summed E-state index contributed by atoms with van der Waals surface area (Å²) in [6.07, 6.45) is 5.19. The average molecular weight is 662 g/mol. The fraction of sp³-hybridized carbons (Fsp3) is 0.353. The first-order chi connectivity index (χ1) is 22.1. The molecule has 7 rings (SSSR count). The Labute approximate surface area is 275 Å². The molecule has 4 atom stereocenters. The number of piperazine rings is 1.